The molecule has 0 aliphatic carbocycles. The standard InChI is InChI=1S/C10H17ClN2O2/c1-2-9(14)12-8-3-5-13(6-4-8)10(15)7-11/h8H,2-7H2,1H3,(H,12,14). The number of piperidine rings is 1. The number of amides is 2. The summed E-state index contributed by atoms with van der Waals surface area (Å²) in [5.41, 5.74) is 0. The van der Waals surface area contributed by atoms with Crippen LogP contribution in [0, 0.1) is 0 Å². The molecule has 86 valence electrons. The third kappa shape index (κ3) is 3.70. The molecule has 1 aliphatic rings. The van der Waals surface area contributed by atoms with E-state index in [0.717, 1.165) is 12.8 Å². The highest BCUT2D eigenvalue weighted by atomic mass is 35.5. The summed E-state index contributed by atoms with van der Waals surface area (Å²) in [5, 5.41) is 2.94. The van der Waals surface area contributed by atoms with Gasteiger partial charge in [-0.3, -0.25) is 9.59 Å². The fourth-order valence-corrected chi connectivity index (χ4v) is 1.86. The first-order valence-corrected chi connectivity index (χ1v) is 5.84. The average molecular weight is 233 g/mol. The Bertz CT molecular complexity index is 238. The molecule has 0 radical (unpaired) electrons. The lowest BCUT2D eigenvalue weighted by molar-refractivity contribution is -0.129. The van der Waals surface area contributed by atoms with Gasteiger partial charge in [-0.25, -0.2) is 0 Å². The molecule has 0 aromatic rings. The summed E-state index contributed by atoms with van der Waals surface area (Å²) in [6.07, 6.45) is 2.17. The summed E-state index contributed by atoms with van der Waals surface area (Å²) < 4.78 is 0. The number of hydrogen-bond acceptors (Lipinski definition) is 2. The SMILES string of the molecule is CCC(=O)NC1CCN(C(=O)CCl)CC1. The number of halogens is 1. The van der Waals surface area contributed by atoms with Crippen LogP contribution in [0.25, 0.3) is 0 Å². The minimum absolute atomic E-state index is 0.0167. The third-order valence-corrected chi connectivity index (χ3v) is 2.88. The summed E-state index contributed by atoms with van der Waals surface area (Å²) in [6.45, 7) is 3.22. The number of nitrogens with one attached hydrogen (secondary N) is 1. The van der Waals surface area contributed by atoms with Crippen LogP contribution < -0.4 is 5.32 Å². The van der Waals surface area contributed by atoms with E-state index in [1.807, 2.05) is 6.92 Å². The summed E-state index contributed by atoms with van der Waals surface area (Å²) in [7, 11) is 0. The van der Waals surface area contributed by atoms with Crippen molar-refractivity contribution in [3.8, 4) is 0 Å². The zero-order valence-electron chi connectivity index (χ0n) is 8.96. The van der Waals surface area contributed by atoms with Crippen molar-refractivity contribution in [2.45, 2.75) is 32.2 Å². The highest BCUT2D eigenvalue weighted by molar-refractivity contribution is 6.27. The lowest BCUT2D eigenvalue weighted by atomic mass is 10.0. The largest absolute Gasteiger partial charge is 0.353 e. The summed E-state index contributed by atoms with van der Waals surface area (Å²) in [6, 6.07) is 0.219. The van der Waals surface area contributed by atoms with Crippen molar-refractivity contribution in [1.82, 2.24) is 10.2 Å². The van der Waals surface area contributed by atoms with E-state index in [-0.39, 0.29) is 23.7 Å². The zero-order valence-corrected chi connectivity index (χ0v) is 9.72. The summed E-state index contributed by atoms with van der Waals surface area (Å²) in [4.78, 5) is 24.1. The molecule has 1 saturated heterocycles. The van der Waals surface area contributed by atoms with Crippen LogP contribution in [0.5, 0.6) is 0 Å². The molecule has 1 heterocycles. The lowest BCUT2D eigenvalue weighted by Gasteiger charge is -2.32. The Kier molecular flexibility index (Phi) is 4.88. The molecule has 15 heavy (non-hydrogen) atoms. The molecule has 1 N–H and O–H groups in total. The van der Waals surface area contributed by atoms with E-state index < -0.39 is 0 Å². The number of carbonyl (C=O) groups is 2. The van der Waals surface area contributed by atoms with E-state index in [4.69, 9.17) is 11.6 Å². The van der Waals surface area contributed by atoms with Gasteiger partial charge in [0, 0.05) is 25.6 Å². The van der Waals surface area contributed by atoms with E-state index in [0.29, 0.717) is 19.5 Å². The van der Waals surface area contributed by atoms with Crippen LogP contribution in [0.4, 0.5) is 0 Å². The van der Waals surface area contributed by atoms with Gasteiger partial charge in [0.1, 0.15) is 5.88 Å². The topological polar surface area (TPSA) is 49.4 Å². The Balaban J connectivity index is 2.29. The van der Waals surface area contributed by atoms with E-state index in [9.17, 15) is 9.59 Å². The molecule has 1 rings (SSSR count). The average Bonchev–Trinajstić information content (AvgIpc) is 2.29. The van der Waals surface area contributed by atoms with Gasteiger partial charge < -0.3 is 10.2 Å². The predicted octanol–water partition coefficient (Wildman–Crippen LogP) is 0.742. The first-order valence-electron chi connectivity index (χ1n) is 5.30. The number of likely N-dealkylation sites (tertiary alicyclic amines) is 1. The van der Waals surface area contributed by atoms with E-state index >= 15 is 0 Å². The molecule has 0 saturated carbocycles. The van der Waals surface area contributed by atoms with Crippen molar-refractivity contribution in [1.29, 1.82) is 0 Å². The smallest absolute Gasteiger partial charge is 0.237 e. The van der Waals surface area contributed by atoms with Crippen molar-refractivity contribution in [3.63, 3.8) is 0 Å². The van der Waals surface area contributed by atoms with Crippen LogP contribution in [0.2, 0.25) is 0 Å². The van der Waals surface area contributed by atoms with Crippen LogP contribution in [-0.2, 0) is 9.59 Å². The molecule has 0 bridgehead atoms. The number of carbonyl (C=O) groups excluding carboxylic acids is 2. The lowest BCUT2D eigenvalue weighted by Crippen LogP contribution is -2.46. The van der Waals surface area contributed by atoms with Gasteiger partial charge in [-0.2, -0.15) is 0 Å². The van der Waals surface area contributed by atoms with Gasteiger partial charge in [0.25, 0.3) is 0 Å². The Hall–Kier alpha value is -0.770. The van der Waals surface area contributed by atoms with Gasteiger partial charge in [0.2, 0.25) is 11.8 Å². The summed E-state index contributed by atoms with van der Waals surface area (Å²) >= 11 is 5.47. The van der Waals surface area contributed by atoms with Crippen LogP contribution in [0.15, 0.2) is 0 Å². The number of alkyl halides is 1. The maximum atomic E-state index is 11.3. The van der Waals surface area contributed by atoms with Crippen molar-refractivity contribution in [3.05, 3.63) is 0 Å². The summed E-state index contributed by atoms with van der Waals surface area (Å²) in [5.74, 6) is 0.112. The Morgan fingerprint density at radius 3 is 2.47 bits per heavy atom. The predicted molar refractivity (Wildman–Crippen MR) is 58.8 cm³/mol. The Morgan fingerprint density at radius 1 is 1.40 bits per heavy atom. The van der Waals surface area contributed by atoms with Crippen LogP contribution in [0.1, 0.15) is 26.2 Å². The monoisotopic (exact) mass is 232 g/mol. The second kappa shape index (κ2) is 5.95. The molecule has 5 heteroatoms. The molecule has 0 aromatic heterocycles. The number of hydrogen-bond donors (Lipinski definition) is 1. The first kappa shape index (κ1) is 12.3. The highest BCUT2D eigenvalue weighted by Gasteiger charge is 2.22. The zero-order chi connectivity index (χ0) is 11.3. The fourth-order valence-electron chi connectivity index (χ4n) is 1.69. The van der Waals surface area contributed by atoms with Crippen LogP contribution in [-0.4, -0.2) is 41.7 Å². The van der Waals surface area contributed by atoms with Gasteiger partial charge in [-0.1, -0.05) is 6.92 Å². The molecule has 0 spiro atoms. The van der Waals surface area contributed by atoms with Crippen molar-refractivity contribution in [2.24, 2.45) is 0 Å². The molecule has 0 aromatic carbocycles. The first-order chi connectivity index (χ1) is 7.17. The van der Waals surface area contributed by atoms with Gasteiger partial charge in [-0.15, -0.1) is 11.6 Å². The van der Waals surface area contributed by atoms with Gasteiger partial charge in [0.05, 0.1) is 0 Å². The fraction of sp³-hybridized carbons (Fsp3) is 0.800. The molecule has 1 fully saturated rings. The minimum atomic E-state index is -0.0167. The molecule has 0 unspecified atom stereocenters. The molecular weight excluding hydrogens is 216 g/mol. The van der Waals surface area contributed by atoms with Gasteiger partial charge >= 0.3 is 0 Å². The number of rotatable bonds is 3. The van der Waals surface area contributed by atoms with Crippen molar-refractivity contribution in [2.75, 3.05) is 19.0 Å². The van der Waals surface area contributed by atoms with E-state index in [2.05, 4.69) is 5.32 Å². The van der Waals surface area contributed by atoms with Gasteiger partial charge in [0.15, 0.2) is 0 Å². The second-order valence-electron chi connectivity index (χ2n) is 3.71. The molecule has 1 aliphatic heterocycles. The number of nitrogens with zero attached hydrogens (tertiary/aromatic N) is 1. The van der Waals surface area contributed by atoms with Crippen LogP contribution >= 0.6 is 11.6 Å². The molecular formula is C10H17ClN2O2. The maximum Gasteiger partial charge on any atom is 0.237 e. The van der Waals surface area contributed by atoms with Gasteiger partial charge in [-0.05, 0) is 12.8 Å². The minimum Gasteiger partial charge on any atom is -0.353 e. The Morgan fingerprint density at radius 2 is 2.00 bits per heavy atom. The third-order valence-electron chi connectivity index (χ3n) is 2.65. The second-order valence-corrected chi connectivity index (χ2v) is 3.98. The maximum absolute atomic E-state index is 11.3. The Labute approximate surface area is 95.0 Å². The normalized spacial score (nSPS) is 17.6. The molecule has 2 amide bonds. The quantitative estimate of drug-likeness (QED) is 0.730. The van der Waals surface area contributed by atoms with E-state index in [1.165, 1.54) is 0 Å². The van der Waals surface area contributed by atoms with Crippen molar-refractivity contribution < 1.29 is 9.59 Å². The highest BCUT2D eigenvalue weighted by Crippen LogP contribution is 2.10. The van der Waals surface area contributed by atoms with Crippen molar-refractivity contribution >= 4 is 23.4 Å². The van der Waals surface area contributed by atoms with E-state index in [1.54, 1.807) is 4.90 Å². The van der Waals surface area contributed by atoms with Crippen LogP contribution in [0.3, 0.4) is 0 Å². The molecule has 0 atom stereocenters. The molecule has 4 nitrogen and oxygen atoms in total.